The Morgan fingerprint density at radius 3 is 2.00 bits per heavy atom. The molecule has 0 aromatic heterocycles. The van der Waals surface area contributed by atoms with E-state index in [1.54, 1.807) is 0 Å². The van der Waals surface area contributed by atoms with Gasteiger partial charge in [-0.15, -0.1) is 0 Å². The first-order valence-electron chi connectivity index (χ1n) is 5.02. The molecule has 0 saturated carbocycles. The molecule has 0 aromatic carbocycles. The standard InChI is InChI=1S/C10H21NO2/c1-3-5-10(8-11,6-4-2)7-9(12)13/h3-8,11H2,1-2H3,(H,12,13). The zero-order chi connectivity index (χ0) is 10.3. The van der Waals surface area contributed by atoms with Crippen LogP contribution in [-0.2, 0) is 4.79 Å². The van der Waals surface area contributed by atoms with Gasteiger partial charge in [0.1, 0.15) is 0 Å². The largest absolute Gasteiger partial charge is 0.481 e. The molecule has 3 N–H and O–H groups in total. The molecule has 0 aliphatic carbocycles. The van der Waals surface area contributed by atoms with Crippen molar-refractivity contribution >= 4 is 5.97 Å². The first-order chi connectivity index (χ1) is 6.10. The third-order valence-electron chi connectivity index (χ3n) is 2.52. The molecule has 0 heterocycles. The van der Waals surface area contributed by atoms with E-state index < -0.39 is 5.97 Å². The Morgan fingerprint density at radius 2 is 1.77 bits per heavy atom. The van der Waals surface area contributed by atoms with E-state index in [1.165, 1.54) is 0 Å². The zero-order valence-corrected chi connectivity index (χ0v) is 8.68. The normalized spacial score (nSPS) is 11.6. The Kier molecular flexibility index (Phi) is 5.71. The molecular weight excluding hydrogens is 166 g/mol. The lowest BCUT2D eigenvalue weighted by atomic mass is 9.76. The highest BCUT2D eigenvalue weighted by Gasteiger charge is 2.29. The molecule has 0 saturated heterocycles. The van der Waals surface area contributed by atoms with Crippen molar-refractivity contribution in [3.05, 3.63) is 0 Å². The molecule has 3 nitrogen and oxygen atoms in total. The predicted molar refractivity (Wildman–Crippen MR) is 53.6 cm³/mol. The Morgan fingerprint density at radius 1 is 1.31 bits per heavy atom. The van der Waals surface area contributed by atoms with Crippen LogP contribution in [0.3, 0.4) is 0 Å². The summed E-state index contributed by atoms with van der Waals surface area (Å²) in [6.45, 7) is 4.63. The van der Waals surface area contributed by atoms with E-state index in [1.807, 2.05) is 0 Å². The van der Waals surface area contributed by atoms with Crippen LogP contribution in [-0.4, -0.2) is 17.6 Å². The first-order valence-corrected chi connectivity index (χ1v) is 5.02. The quantitative estimate of drug-likeness (QED) is 0.640. The van der Waals surface area contributed by atoms with Gasteiger partial charge in [-0.3, -0.25) is 4.79 Å². The van der Waals surface area contributed by atoms with Gasteiger partial charge in [0.2, 0.25) is 0 Å². The smallest absolute Gasteiger partial charge is 0.303 e. The average Bonchev–Trinajstić information content (AvgIpc) is 2.04. The maximum atomic E-state index is 10.7. The fraction of sp³-hybridized carbons (Fsp3) is 0.900. The van der Waals surface area contributed by atoms with E-state index in [-0.39, 0.29) is 11.8 Å². The van der Waals surface area contributed by atoms with Crippen molar-refractivity contribution in [1.29, 1.82) is 0 Å². The minimum Gasteiger partial charge on any atom is -0.481 e. The number of hydrogen-bond donors (Lipinski definition) is 2. The summed E-state index contributed by atoms with van der Waals surface area (Å²) in [5, 5.41) is 8.78. The molecule has 0 spiro atoms. The monoisotopic (exact) mass is 187 g/mol. The Labute approximate surface area is 80.3 Å². The van der Waals surface area contributed by atoms with Gasteiger partial charge in [-0.2, -0.15) is 0 Å². The molecule has 0 atom stereocenters. The molecule has 0 rings (SSSR count). The predicted octanol–water partition coefficient (Wildman–Crippen LogP) is 2.01. The molecule has 3 heteroatoms. The Balaban J connectivity index is 4.33. The van der Waals surface area contributed by atoms with Crippen molar-refractivity contribution in [1.82, 2.24) is 0 Å². The Hall–Kier alpha value is -0.570. The van der Waals surface area contributed by atoms with Crippen LogP contribution < -0.4 is 5.73 Å². The summed E-state index contributed by atoms with van der Waals surface area (Å²) in [6, 6.07) is 0. The van der Waals surface area contributed by atoms with Crippen LogP contribution in [0, 0.1) is 5.41 Å². The Bertz CT molecular complexity index is 151. The third-order valence-corrected chi connectivity index (χ3v) is 2.52. The maximum Gasteiger partial charge on any atom is 0.303 e. The topological polar surface area (TPSA) is 63.3 Å². The van der Waals surface area contributed by atoms with Gasteiger partial charge < -0.3 is 10.8 Å². The number of hydrogen-bond acceptors (Lipinski definition) is 2. The van der Waals surface area contributed by atoms with Crippen LogP contribution in [0.25, 0.3) is 0 Å². The molecule has 0 aliphatic rings. The van der Waals surface area contributed by atoms with Crippen molar-refractivity contribution in [2.75, 3.05) is 6.54 Å². The van der Waals surface area contributed by atoms with Crippen LogP contribution in [0.15, 0.2) is 0 Å². The van der Waals surface area contributed by atoms with Gasteiger partial charge in [-0.25, -0.2) is 0 Å². The van der Waals surface area contributed by atoms with E-state index in [4.69, 9.17) is 10.8 Å². The highest BCUT2D eigenvalue weighted by atomic mass is 16.4. The summed E-state index contributed by atoms with van der Waals surface area (Å²) in [4.78, 5) is 10.7. The second-order valence-corrected chi connectivity index (χ2v) is 3.77. The maximum absolute atomic E-state index is 10.7. The number of rotatable bonds is 7. The zero-order valence-electron chi connectivity index (χ0n) is 8.68. The van der Waals surface area contributed by atoms with Gasteiger partial charge in [0.15, 0.2) is 0 Å². The van der Waals surface area contributed by atoms with E-state index >= 15 is 0 Å². The lowest BCUT2D eigenvalue weighted by Crippen LogP contribution is -2.32. The minimum absolute atomic E-state index is 0.157. The molecule has 78 valence electrons. The van der Waals surface area contributed by atoms with E-state index in [0.717, 1.165) is 25.7 Å². The summed E-state index contributed by atoms with van der Waals surface area (Å²) in [5.41, 5.74) is 5.51. The number of carboxylic acid groups (broad SMARTS) is 1. The van der Waals surface area contributed by atoms with Crippen molar-refractivity contribution in [2.45, 2.75) is 46.0 Å². The highest BCUT2D eigenvalue weighted by Crippen LogP contribution is 2.32. The van der Waals surface area contributed by atoms with Gasteiger partial charge in [0.05, 0.1) is 6.42 Å². The van der Waals surface area contributed by atoms with Crippen molar-refractivity contribution in [3.8, 4) is 0 Å². The number of carbonyl (C=O) groups is 1. The molecule has 0 bridgehead atoms. The summed E-state index contributed by atoms with van der Waals surface area (Å²) < 4.78 is 0. The van der Waals surface area contributed by atoms with Gasteiger partial charge in [0.25, 0.3) is 0 Å². The summed E-state index contributed by atoms with van der Waals surface area (Å²) in [7, 11) is 0. The number of nitrogens with two attached hydrogens (primary N) is 1. The SMILES string of the molecule is CCCC(CN)(CCC)CC(=O)O. The average molecular weight is 187 g/mol. The third kappa shape index (κ3) is 4.27. The fourth-order valence-electron chi connectivity index (χ4n) is 1.96. The van der Waals surface area contributed by atoms with Crippen molar-refractivity contribution in [3.63, 3.8) is 0 Å². The van der Waals surface area contributed by atoms with Crippen LogP contribution in [0.2, 0.25) is 0 Å². The lowest BCUT2D eigenvalue weighted by Gasteiger charge is -2.30. The van der Waals surface area contributed by atoms with Gasteiger partial charge in [-0.05, 0) is 24.8 Å². The van der Waals surface area contributed by atoms with Crippen LogP contribution >= 0.6 is 0 Å². The number of carboxylic acids is 1. The fourth-order valence-corrected chi connectivity index (χ4v) is 1.96. The van der Waals surface area contributed by atoms with Crippen molar-refractivity contribution in [2.24, 2.45) is 11.1 Å². The molecule has 0 amide bonds. The second kappa shape index (κ2) is 5.97. The lowest BCUT2D eigenvalue weighted by molar-refractivity contribution is -0.139. The first kappa shape index (κ1) is 12.4. The van der Waals surface area contributed by atoms with E-state index in [2.05, 4.69) is 13.8 Å². The summed E-state index contributed by atoms with van der Waals surface area (Å²) in [5.74, 6) is -0.729. The molecule has 13 heavy (non-hydrogen) atoms. The van der Waals surface area contributed by atoms with Crippen LogP contribution in [0.1, 0.15) is 46.0 Å². The molecule has 0 fully saturated rings. The molecular formula is C10H21NO2. The van der Waals surface area contributed by atoms with E-state index in [0.29, 0.717) is 6.54 Å². The number of aliphatic carboxylic acids is 1. The van der Waals surface area contributed by atoms with Crippen molar-refractivity contribution < 1.29 is 9.90 Å². The highest BCUT2D eigenvalue weighted by molar-refractivity contribution is 5.67. The second-order valence-electron chi connectivity index (χ2n) is 3.77. The van der Waals surface area contributed by atoms with Crippen LogP contribution in [0.4, 0.5) is 0 Å². The van der Waals surface area contributed by atoms with Crippen LogP contribution in [0.5, 0.6) is 0 Å². The van der Waals surface area contributed by atoms with Gasteiger partial charge in [-0.1, -0.05) is 26.7 Å². The molecule has 0 aromatic rings. The summed E-state index contributed by atoms with van der Waals surface area (Å²) in [6.07, 6.45) is 4.06. The van der Waals surface area contributed by atoms with Gasteiger partial charge in [0, 0.05) is 0 Å². The molecule has 0 unspecified atom stereocenters. The summed E-state index contributed by atoms with van der Waals surface area (Å²) >= 11 is 0. The molecule has 0 radical (unpaired) electrons. The minimum atomic E-state index is -0.729. The molecule has 0 aliphatic heterocycles. The van der Waals surface area contributed by atoms with Gasteiger partial charge >= 0.3 is 5.97 Å². The van der Waals surface area contributed by atoms with E-state index in [9.17, 15) is 4.79 Å².